The molecular formula is C13H18FNO3. The van der Waals surface area contributed by atoms with Crippen LogP contribution in [0.4, 0.5) is 4.39 Å². The van der Waals surface area contributed by atoms with E-state index in [9.17, 15) is 9.18 Å². The fourth-order valence-corrected chi connectivity index (χ4v) is 1.45. The molecule has 4 nitrogen and oxygen atoms in total. The lowest BCUT2D eigenvalue weighted by atomic mass is 10.2. The van der Waals surface area contributed by atoms with E-state index < -0.39 is 5.82 Å². The maximum Gasteiger partial charge on any atom is 0.223 e. The van der Waals surface area contributed by atoms with Crippen molar-refractivity contribution in [3.05, 3.63) is 29.6 Å². The van der Waals surface area contributed by atoms with E-state index >= 15 is 0 Å². The second-order valence-electron chi connectivity index (χ2n) is 4.27. The van der Waals surface area contributed by atoms with Gasteiger partial charge in [-0.05, 0) is 31.5 Å². The lowest BCUT2D eigenvalue weighted by Crippen LogP contribution is -2.31. The molecule has 0 aliphatic rings. The summed E-state index contributed by atoms with van der Waals surface area (Å²) in [5, 5.41) is 11.6. The van der Waals surface area contributed by atoms with Crippen LogP contribution in [0.1, 0.15) is 25.8 Å². The minimum atomic E-state index is -0.469. The van der Waals surface area contributed by atoms with Gasteiger partial charge in [0.25, 0.3) is 0 Å². The highest BCUT2D eigenvalue weighted by molar-refractivity contribution is 5.76. The SMILES string of the molecule is CC(C)NC(=O)CCOc1cc(F)cc(CO)c1. The van der Waals surface area contributed by atoms with E-state index in [1.807, 2.05) is 13.8 Å². The topological polar surface area (TPSA) is 58.6 Å². The van der Waals surface area contributed by atoms with Crippen molar-refractivity contribution in [3.63, 3.8) is 0 Å². The van der Waals surface area contributed by atoms with Crippen molar-refractivity contribution in [1.29, 1.82) is 0 Å². The molecule has 0 aliphatic heterocycles. The van der Waals surface area contributed by atoms with Gasteiger partial charge in [-0.2, -0.15) is 0 Å². The number of carbonyl (C=O) groups is 1. The maximum absolute atomic E-state index is 13.1. The van der Waals surface area contributed by atoms with Gasteiger partial charge in [-0.3, -0.25) is 4.79 Å². The second-order valence-corrected chi connectivity index (χ2v) is 4.27. The molecule has 0 saturated carbocycles. The molecule has 0 heterocycles. The van der Waals surface area contributed by atoms with Crippen LogP contribution in [0.3, 0.4) is 0 Å². The average Bonchev–Trinajstić information content (AvgIpc) is 2.27. The fourth-order valence-electron chi connectivity index (χ4n) is 1.45. The van der Waals surface area contributed by atoms with E-state index in [1.54, 1.807) is 6.07 Å². The Bertz CT molecular complexity index is 407. The minimum absolute atomic E-state index is 0.0904. The van der Waals surface area contributed by atoms with Crippen LogP contribution in [0.2, 0.25) is 0 Å². The average molecular weight is 255 g/mol. The molecule has 0 spiro atoms. The summed E-state index contributed by atoms with van der Waals surface area (Å²) in [5.41, 5.74) is 0.441. The molecular weight excluding hydrogens is 237 g/mol. The molecule has 2 N–H and O–H groups in total. The van der Waals surface area contributed by atoms with Gasteiger partial charge in [0.05, 0.1) is 19.6 Å². The molecule has 1 aromatic rings. The monoisotopic (exact) mass is 255 g/mol. The summed E-state index contributed by atoms with van der Waals surface area (Å²) >= 11 is 0. The third kappa shape index (κ3) is 5.14. The Labute approximate surface area is 106 Å². The zero-order chi connectivity index (χ0) is 13.5. The van der Waals surface area contributed by atoms with Crippen LogP contribution in [0.15, 0.2) is 18.2 Å². The third-order valence-electron chi connectivity index (χ3n) is 2.16. The molecule has 5 heteroatoms. The highest BCUT2D eigenvalue weighted by atomic mass is 19.1. The van der Waals surface area contributed by atoms with Crippen molar-refractivity contribution in [3.8, 4) is 5.75 Å². The van der Waals surface area contributed by atoms with Gasteiger partial charge in [0.1, 0.15) is 11.6 Å². The van der Waals surface area contributed by atoms with Gasteiger partial charge >= 0.3 is 0 Å². The van der Waals surface area contributed by atoms with E-state index in [2.05, 4.69) is 5.32 Å². The Morgan fingerprint density at radius 1 is 1.44 bits per heavy atom. The smallest absolute Gasteiger partial charge is 0.223 e. The normalized spacial score (nSPS) is 10.5. The lowest BCUT2D eigenvalue weighted by Gasteiger charge is -2.10. The van der Waals surface area contributed by atoms with Gasteiger partial charge in [-0.15, -0.1) is 0 Å². The Morgan fingerprint density at radius 2 is 2.17 bits per heavy atom. The number of aliphatic hydroxyl groups is 1. The van der Waals surface area contributed by atoms with Crippen LogP contribution in [0.25, 0.3) is 0 Å². The Kier molecular flexibility index (Phi) is 5.58. The van der Waals surface area contributed by atoms with Crippen LogP contribution in [-0.4, -0.2) is 23.7 Å². The molecule has 1 rings (SSSR count). The molecule has 0 bridgehead atoms. The first kappa shape index (κ1) is 14.4. The predicted octanol–water partition coefficient (Wildman–Crippen LogP) is 1.61. The van der Waals surface area contributed by atoms with Gasteiger partial charge in [-0.1, -0.05) is 0 Å². The number of halogens is 1. The summed E-state index contributed by atoms with van der Waals surface area (Å²) in [7, 11) is 0. The highest BCUT2D eigenvalue weighted by Gasteiger charge is 2.05. The minimum Gasteiger partial charge on any atom is -0.493 e. The molecule has 0 aliphatic carbocycles. The summed E-state index contributed by atoms with van der Waals surface area (Å²) < 4.78 is 18.4. The van der Waals surface area contributed by atoms with Gasteiger partial charge in [-0.25, -0.2) is 4.39 Å². The number of nitrogens with one attached hydrogen (secondary N) is 1. The molecule has 18 heavy (non-hydrogen) atoms. The molecule has 0 fully saturated rings. The molecule has 1 amide bonds. The predicted molar refractivity (Wildman–Crippen MR) is 65.7 cm³/mol. The molecule has 0 unspecified atom stereocenters. The summed E-state index contributed by atoms with van der Waals surface area (Å²) in [4.78, 5) is 11.3. The Hall–Kier alpha value is -1.62. The van der Waals surface area contributed by atoms with Gasteiger partial charge in [0, 0.05) is 12.1 Å². The number of ether oxygens (including phenoxy) is 1. The van der Waals surface area contributed by atoms with Crippen LogP contribution >= 0.6 is 0 Å². The van der Waals surface area contributed by atoms with Crippen molar-refractivity contribution in [2.24, 2.45) is 0 Å². The lowest BCUT2D eigenvalue weighted by molar-refractivity contribution is -0.122. The molecule has 0 saturated heterocycles. The molecule has 1 aromatic carbocycles. The number of amides is 1. The van der Waals surface area contributed by atoms with Crippen molar-refractivity contribution in [1.82, 2.24) is 5.32 Å². The van der Waals surface area contributed by atoms with Crippen molar-refractivity contribution in [2.45, 2.75) is 32.9 Å². The van der Waals surface area contributed by atoms with Crippen molar-refractivity contribution >= 4 is 5.91 Å². The third-order valence-corrected chi connectivity index (χ3v) is 2.16. The summed E-state index contributed by atoms with van der Waals surface area (Å²) in [6.07, 6.45) is 0.211. The maximum atomic E-state index is 13.1. The number of hydrogen-bond acceptors (Lipinski definition) is 3. The van der Waals surface area contributed by atoms with E-state index in [1.165, 1.54) is 12.1 Å². The number of rotatable bonds is 6. The number of benzene rings is 1. The van der Waals surface area contributed by atoms with E-state index in [0.717, 1.165) is 0 Å². The van der Waals surface area contributed by atoms with Gasteiger partial charge in [0.2, 0.25) is 5.91 Å². The molecule has 0 radical (unpaired) electrons. The molecule has 0 atom stereocenters. The van der Waals surface area contributed by atoms with Crippen molar-refractivity contribution < 1.29 is 19.0 Å². The number of carbonyl (C=O) groups excluding carboxylic acids is 1. The second kappa shape index (κ2) is 6.96. The summed E-state index contributed by atoms with van der Waals surface area (Å²) in [6.45, 7) is 3.67. The zero-order valence-corrected chi connectivity index (χ0v) is 10.6. The zero-order valence-electron chi connectivity index (χ0n) is 10.6. The summed E-state index contributed by atoms with van der Waals surface area (Å²) in [5.74, 6) is -0.261. The first-order chi connectivity index (χ1) is 8.51. The van der Waals surface area contributed by atoms with Gasteiger partial charge in [0.15, 0.2) is 0 Å². The first-order valence-corrected chi connectivity index (χ1v) is 5.83. The Balaban J connectivity index is 2.44. The number of hydrogen-bond donors (Lipinski definition) is 2. The number of aliphatic hydroxyl groups excluding tert-OH is 1. The standard InChI is InChI=1S/C13H18FNO3/c1-9(2)15-13(17)3-4-18-12-6-10(8-16)5-11(14)7-12/h5-7,9,16H,3-4,8H2,1-2H3,(H,15,17). The quantitative estimate of drug-likeness (QED) is 0.812. The largest absolute Gasteiger partial charge is 0.493 e. The molecule has 0 aromatic heterocycles. The first-order valence-electron chi connectivity index (χ1n) is 5.83. The van der Waals surface area contributed by atoms with Crippen LogP contribution in [0.5, 0.6) is 5.75 Å². The van der Waals surface area contributed by atoms with Crippen LogP contribution < -0.4 is 10.1 Å². The highest BCUT2D eigenvalue weighted by Crippen LogP contribution is 2.16. The van der Waals surface area contributed by atoms with E-state index in [4.69, 9.17) is 9.84 Å². The van der Waals surface area contributed by atoms with E-state index in [0.29, 0.717) is 11.3 Å². The van der Waals surface area contributed by atoms with Crippen molar-refractivity contribution in [2.75, 3.05) is 6.61 Å². The Morgan fingerprint density at radius 3 is 2.78 bits per heavy atom. The van der Waals surface area contributed by atoms with Gasteiger partial charge < -0.3 is 15.2 Å². The summed E-state index contributed by atoms with van der Waals surface area (Å²) in [6, 6.07) is 4.09. The molecule has 100 valence electrons. The van der Waals surface area contributed by atoms with Crippen LogP contribution in [0, 0.1) is 5.82 Å². The van der Waals surface area contributed by atoms with Crippen LogP contribution in [-0.2, 0) is 11.4 Å². The van der Waals surface area contributed by atoms with E-state index in [-0.39, 0.29) is 31.6 Å². The fraction of sp³-hybridized carbons (Fsp3) is 0.462.